The summed E-state index contributed by atoms with van der Waals surface area (Å²) < 4.78 is 10.5. The molecule has 0 radical (unpaired) electrons. The number of hydrogen-bond donors (Lipinski definition) is 2. The van der Waals surface area contributed by atoms with Crippen molar-refractivity contribution in [1.82, 2.24) is 4.98 Å². The lowest BCUT2D eigenvalue weighted by Crippen LogP contribution is -2.27. The third-order valence-corrected chi connectivity index (χ3v) is 5.22. The Bertz CT molecular complexity index is 982. The number of aromatic nitrogens is 1. The Labute approximate surface area is 184 Å². The maximum Gasteiger partial charge on any atom is 0.412 e. The topological polar surface area (TPSA) is 110 Å². The minimum Gasteiger partial charge on any atom is -0.495 e. The summed E-state index contributed by atoms with van der Waals surface area (Å²) in [5.74, 6) is 0.231. The van der Waals surface area contributed by atoms with E-state index in [1.807, 2.05) is 0 Å². The molecule has 2 heterocycles. The van der Waals surface area contributed by atoms with Crippen LogP contribution in [-0.2, 0) is 20.7 Å². The summed E-state index contributed by atoms with van der Waals surface area (Å²) in [6.45, 7) is 5.97. The predicted octanol–water partition coefficient (Wildman–Crippen LogP) is 3.81. The Hall–Kier alpha value is -3.14. The van der Waals surface area contributed by atoms with E-state index in [-0.39, 0.29) is 18.2 Å². The quantitative estimate of drug-likeness (QED) is 0.698. The summed E-state index contributed by atoms with van der Waals surface area (Å²) in [6, 6.07) is 4.91. The van der Waals surface area contributed by atoms with Crippen molar-refractivity contribution in [2.75, 3.05) is 29.2 Å². The molecule has 1 aromatic carbocycles. The van der Waals surface area contributed by atoms with Gasteiger partial charge in [0.15, 0.2) is 5.13 Å². The van der Waals surface area contributed by atoms with Gasteiger partial charge in [-0.2, -0.15) is 0 Å². The lowest BCUT2D eigenvalue weighted by atomic mass is 10.2. The second-order valence-electron chi connectivity index (χ2n) is 8.04. The van der Waals surface area contributed by atoms with Crippen molar-refractivity contribution in [3.63, 3.8) is 0 Å². The molecule has 166 valence electrons. The van der Waals surface area contributed by atoms with E-state index in [1.54, 1.807) is 49.3 Å². The lowest BCUT2D eigenvalue weighted by molar-refractivity contribution is -0.117. The predicted molar refractivity (Wildman–Crippen MR) is 119 cm³/mol. The van der Waals surface area contributed by atoms with E-state index in [2.05, 4.69) is 15.6 Å². The number of carbonyl (C=O) groups excluding carboxylic acids is 3. The van der Waals surface area contributed by atoms with Crippen LogP contribution in [0.3, 0.4) is 0 Å². The molecule has 0 saturated carbocycles. The number of rotatable bonds is 6. The van der Waals surface area contributed by atoms with Crippen LogP contribution in [0.15, 0.2) is 23.6 Å². The second-order valence-corrected chi connectivity index (χ2v) is 8.87. The second kappa shape index (κ2) is 9.34. The first-order chi connectivity index (χ1) is 14.6. The summed E-state index contributed by atoms with van der Waals surface area (Å²) in [4.78, 5) is 42.5. The molecule has 31 heavy (non-hydrogen) atoms. The first-order valence-electron chi connectivity index (χ1n) is 9.87. The number of methoxy groups -OCH3 is 1. The molecule has 1 fully saturated rings. The lowest BCUT2D eigenvalue weighted by Gasteiger charge is -2.20. The molecule has 9 nitrogen and oxygen atoms in total. The Balaban J connectivity index is 1.64. The molecule has 0 spiro atoms. The monoisotopic (exact) mass is 446 g/mol. The molecule has 0 unspecified atom stereocenters. The van der Waals surface area contributed by atoms with Crippen LogP contribution in [0.1, 0.15) is 39.3 Å². The SMILES string of the molecule is COc1ccc(NC(=O)Cc2csc(N3CCCC3=O)n2)cc1NC(=O)OC(C)(C)C. The van der Waals surface area contributed by atoms with E-state index in [1.165, 1.54) is 18.4 Å². The minimum absolute atomic E-state index is 0.0635. The summed E-state index contributed by atoms with van der Waals surface area (Å²) in [6.07, 6.45) is 0.804. The van der Waals surface area contributed by atoms with E-state index in [4.69, 9.17) is 9.47 Å². The zero-order valence-corrected chi connectivity index (χ0v) is 18.8. The maximum absolute atomic E-state index is 12.5. The fraction of sp³-hybridized carbons (Fsp3) is 0.429. The number of hydrogen-bond acceptors (Lipinski definition) is 7. The number of nitrogens with zero attached hydrogens (tertiary/aromatic N) is 2. The van der Waals surface area contributed by atoms with Crippen LogP contribution in [0.2, 0.25) is 0 Å². The highest BCUT2D eigenvalue weighted by Gasteiger charge is 2.24. The molecular formula is C21H26N4O5S. The van der Waals surface area contributed by atoms with Crippen molar-refractivity contribution in [2.45, 2.75) is 45.6 Å². The van der Waals surface area contributed by atoms with Crippen molar-refractivity contribution in [1.29, 1.82) is 0 Å². The van der Waals surface area contributed by atoms with Gasteiger partial charge in [0.1, 0.15) is 11.4 Å². The maximum atomic E-state index is 12.5. The molecule has 2 N–H and O–H groups in total. The Morgan fingerprint density at radius 3 is 2.68 bits per heavy atom. The molecule has 1 aromatic heterocycles. The number of carbonyl (C=O) groups is 3. The van der Waals surface area contributed by atoms with Gasteiger partial charge >= 0.3 is 6.09 Å². The molecule has 10 heteroatoms. The smallest absolute Gasteiger partial charge is 0.412 e. The molecule has 3 rings (SSSR count). The van der Waals surface area contributed by atoms with E-state index in [0.29, 0.717) is 40.9 Å². The molecule has 3 amide bonds. The highest BCUT2D eigenvalue weighted by atomic mass is 32.1. The van der Waals surface area contributed by atoms with Gasteiger partial charge in [-0.15, -0.1) is 11.3 Å². The highest BCUT2D eigenvalue weighted by molar-refractivity contribution is 7.14. The summed E-state index contributed by atoms with van der Waals surface area (Å²) in [7, 11) is 1.48. The minimum atomic E-state index is -0.644. The molecular weight excluding hydrogens is 420 g/mol. The number of nitrogens with one attached hydrogen (secondary N) is 2. The van der Waals surface area contributed by atoms with E-state index in [9.17, 15) is 14.4 Å². The zero-order chi connectivity index (χ0) is 22.6. The molecule has 2 aromatic rings. The van der Waals surface area contributed by atoms with Crippen LogP contribution >= 0.6 is 11.3 Å². The Morgan fingerprint density at radius 2 is 2.03 bits per heavy atom. The van der Waals surface area contributed by atoms with Crippen LogP contribution in [0.4, 0.5) is 21.3 Å². The van der Waals surface area contributed by atoms with E-state index in [0.717, 1.165) is 6.42 Å². The first-order valence-corrected chi connectivity index (χ1v) is 10.8. The molecule has 0 atom stereocenters. The first kappa shape index (κ1) is 22.5. The summed E-state index contributed by atoms with van der Waals surface area (Å²) >= 11 is 1.35. The number of ether oxygens (including phenoxy) is 2. The van der Waals surface area contributed by atoms with Crippen LogP contribution in [0.5, 0.6) is 5.75 Å². The van der Waals surface area contributed by atoms with Crippen molar-refractivity contribution in [3.8, 4) is 5.75 Å². The number of amides is 3. The van der Waals surface area contributed by atoms with Crippen molar-refractivity contribution >= 4 is 45.8 Å². The fourth-order valence-electron chi connectivity index (χ4n) is 3.02. The summed E-state index contributed by atoms with van der Waals surface area (Å²) in [5.41, 5.74) is 0.813. The number of anilines is 3. The largest absolute Gasteiger partial charge is 0.495 e. The van der Waals surface area contributed by atoms with Gasteiger partial charge in [-0.3, -0.25) is 19.8 Å². The van der Waals surface area contributed by atoms with Gasteiger partial charge < -0.3 is 14.8 Å². The van der Waals surface area contributed by atoms with Gasteiger partial charge in [0.25, 0.3) is 0 Å². The number of benzene rings is 1. The molecule has 1 aliphatic heterocycles. The highest BCUT2D eigenvalue weighted by Crippen LogP contribution is 2.29. The standard InChI is InChI=1S/C21H26N4O5S/c1-21(2,3)30-20(28)24-15-10-13(7-8-16(15)29-4)22-17(26)11-14-12-31-19(23-14)25-9-5-6-18(25)27/h7-8,10,12H,5-6,9,11H2,1-4H3,(H,22,26)(H,24,28). The van der Waals surface area contributed by atoms with Gasteiger partial charge in [0.2, 0.25) is 11.8 Å². The third-order valence-electron chi connectivity index (χ3n) is 4.30. The number of thiazole rings is 1. The van der Waals surface area contributed by atoms with E-state index < -0.39 is 11.7 Å². The average molecular weight is 447 g/mol. The van der Waals surface area contributed by atoms with Gasteiger partial charge in [0, 0.05) is 24.0 Å². The van der Waals surface area contributed by atoms with E-state index >= 15 is 0 Å². The molecule has 1 saturated heterocycles. The fourth-order valence-corrected chi connectivity index (χ4v) is 3.89. The van der Waals surface area contributed by atoms with Gasteiger partial charge in [0.05, 0.1) is 24.9 Å². The van der Waals surface area contributed by atoms with Crippen molar-refractivity contribution < 1.29 is 23.9 Å². The zero-order valence-electron chi connectivity index (χ0n) is 18.0. The van der Waals surface area contributed by atoms with Gasteiger partial charge in [-0.25, -0.2) is 9.78 Å². The summed E-state index contributed by atoms with van der Waals surface area (Å²) in [5, 5.41) is 7.83. The average Bonchev–Trinajstić information content (AvgIpc) is 3.28. The Morgan fingerprint density at radius 1 is 1.26 bits per heavy atom. The van der Waals surface area contributed by atoms with Gasteiger partial charge in [-0.05, 0) is 45.4 Å². The van der Waals surface area contributed by atoms with Gasteiger partial charge in [-0.1, -0.05) is 0 Å². The van der Waals surface area contributed by atoms with Crippen molar-refractivity contribution in [2.24, 2.45) is 0 Å². The molecule has 1 aliphatic rings. The van der Waals surface area contributed by atoms with Crippen LogP contribution in [-0.4, -0.2) is 42.1 Å². The third kappa shape index (κ3) is 6.17. The van der Waals surface area contributed by atoms with Crippen molar-refractivity contribution in [3.05, 3.63) is 29.3 Å². The Kier molecular flexibility index (Phi) is 6.79. The van der Waals surface area contributed by atoms with Crippen LogP contribution < -0.4 is 20.3 Å². The van der Waals surface area contributed by atoms with Crippen LogP contribution in [0, 0.1) is 0 Å². The normalized spacial score (nSPS) is 13.8. The molecule has 0 aliphatic carbocycles. The molecule has 0 bridgehead atoms. The van der Waals surface area contributed by atoms with Crippen LogP contribution in [0.25, 0.3) is 0 Å².